The SMILES string of the molecule is N#Cc1ccc(-c2c(I)[c]c(C(F)(F)F)cc2C(F)(C(F)(F)F)C(F)(F)C(F)(F)F)cc1. The number of hydrogen-bond donors (Lipinski definition) is 0. The monoisotopic (exact) mass is 590 g/mol. The van der Waals surface area contributed by atoms with Gasteiger partial charge in [-0.15, -0.1) is 0 Å². The Morgan fingerprint density at radius 3 is 1.66 bits per heavy atom. The first-order valence-corrected chi connectivity index (χ1v) is 8.91. The summed E-state index contributed by atoms with van der Waals surface area (Å²) in [6.45, 7) is 0. The van der Waals surface area contributed by atoms with E-state index < -0.39 is 62.0 Å². The summed E-state index contributed by atoms with van der Waals surface area (Å²) in [5, 5.41) is 8.75. The highest BCUT2D eigenvalue weighted by Crippen LogP contribution is 2.60. The number of halogens is 13. The van der Waals surface area contributed by atoms with E-state index in [1.807, 2.05) is 0 Å². The minimum Gasteiger partial charge on any atom is -0.221 e. The van der Waals surface area contributed by atoms with Crippen LogP contribution in [0, 0.1) is 21.0 Å². The number of nitriles is 1. The molecule has 0 heterocycles. The van der Waals surface area contributed by atoms with Crippen LogP contribution in [0.4, 0.5) is 52.7 Å². The third kappa shape index (κ3) is 4.23. The second-order valence-electron chi connectivity index (χ2n) is 6.20. The molecule has 14 heteroatoms. The molecule has 1 atom stereocenters. The molecule has 1 unspecified atom stereocenters. The van der Waals surface area contributed by atoms with Gasteiger partial charge in [-0.1, -0.05) is 12.1 Å². The van der Waals surface area contributed by atoms with Crippen molar-refractivity contribution in [1.82, 2.24) is 0 Å². The highest BCUT2D eigenvalue weighted by molar-refractivity contribution is 14.1. The van der Waals surface area contributed by atoms with E-state index in [0.29, 0.717) is 0 Å². The zero-order chi connectivity index (χ0) is 24.9. The quantitative estimate of drug-likeness (QED) is 0.267. The first-order valence-electron chi connectivity index (χ1n) is 7.83. The lowest BCUT2D eigenvalue weighted by Crippen LogP contribution is -2.60. The normalized spacial score (nSPS) is 15.2. The van der Waals surface area contributed by atoms with E-state index in [4.69, 9.17) is 5.26 Å². The van der Waals surface area contributed by atoms with E-state index in [1.54, 1.807) is 6.07 Å². The Hall–Kier alpha value is -2.18. The van der Waals surface area contributed by atoms with Crippen LogP contribution in [0.3, 0.4) is 0 Å². The minimum absolute atomic E-state index is 0.135. The Balaban J connectivity index is 3.09. The van der Waals surface area contributed by atoms with E-state index in [-0.39, 0.29) is 5.56 Å². The van der Waals surface area contributed by atoms with Crippen molar-refractivity contribution in [3.05, 3.63) is 56.7 Å². The Labute approximate surface area is 184 Å². The fraction of sp³-hybridized carbons (Fsp3) is 0.278. The second-order valence-corrected chi connectivity index (χ2v) is 7.28. The molecule has 0 saturated carbocycles. The summed E-state index contributed by atoms with van der Waals surface area (Å²) in [7, 11) is 0. The zero-order valence-electron chi connectivity index (χ0n) is 14.7. The molecule has 0 aromatic heterocycles. The van der Waals surface area contributed by atoms with Crippen LogP contribution in [0.2, 0.25) is 0 Å². The molecule has 2 aromatic carbocycles. The van der Waals surface area contributed by atoms with Crippen molar-refractivity contribution in [3.8, 4) is 17.2 Å². The first-order chi connectivity index (χ1) is 14.3. The van der Waals surface area contributed by atoms with Crippen molar-refractivity contribution in [2.45, 2.75) is 30.1 Å². The fourth-order valence-electron chi connectivity index (χ4n) is 2.66. The van der Waals surface area contributed by atoms with Crippen molar-refractivity contribution in [2.24, 2.45) is 0 Å². The van der Waals surface area contributed by atoms with E-state index in [9.17, 15) is 48.3 Å². The minimum atomic E-state index is -7.17. The summed E-state index contributed by atoms with van der Waals surface area (Å²) >= 11 is 0.910. The summed E-state index contributed by atoms with van der Waals surface area (Å²) in [5.74, 6) is -7.17. The summed E-state index contributed by atoms with van der Waals surface area (Å²) in [5.41, 5.74) is -13.5. The number of alkyl halides is 12. The van der Waals surface area contributed by atoms with Gasteiger partial charge in [0.2, 0.25) is 0 Å². The standard InChI is InChI=1S/C18H5F12IN/c19-14(17(25,26)27,16(23,24)18(28,29)30)11-5-10(15(20,21)22)6-12(31)13(11)9-3-1-8(7-32)2-4-9/h1-5H. The third-order valence-electron chi connectivity index (χ3n) is 4.18. The predicted octanol–water partition coefficient (Wildman–Crippen LogP) is 7.57. The Bertz CT molecular complexity index is 1040. The molecule has 0 aliphatic heterocycles. The van der Waals surface area contributed by atoms with Crippen LogP contribution in [-0.2, 0) is 11.8 Å². The van der Waals surface area contributed by atoms with Crippen molar-refractivity contribution in [2.75, 3.05) is 0 Å². The molecule has 0 aliphatic rings. The first kappa shape index (κ1) is 26.1. The molecule has 0 saturated heterocycles. The van der Waals surface area contributed by atoms with Gasteiger partial charge in [-0.3, -0.25) is 0 Å². The second kappa shape index (κ2) is 7.99. The van der Waals surface area contributed by atoms with Gasteiger partial charge in [0.1, 0.15) is 0 Å². The van der Waals surface area contributed by atoms with E-state index in [0.717, 1.165) is 46.9 Å². The predicted molar refractivity (Wildman–Crippen MR) is 93.0 cm³/mol. The van der Waals surface area contributed by atoms with Crippen molar-refractivity contribution in [1.29, 1.82) is 5.26 Å². The van der Waals surface area contributed by atoms with Gasteiger partial charge >= 0.3 is 30.1 Å². The number of nitrogens with zero attached hydrogens (tertiary/aromatic N) is 1. The molecular weight excluding hydrogens is 585 g/mol. The molecule has 1 radical (unpaired) electrons. The summed E-state index contributed by atoms with van der Waals surface area (Å²) < 4.78 is 160. The molecule has 2 aromatic rings. The van der Waals surface area contributed by atoms with Gasteiger partial charge in [0, 0.05) is 20.8 Å². The van der Waals surface area contributed by atoms with Crippen LogP contribution < -0.4 is 0 Å². The van der Waals surface area contributed by atoms with E-state index >= 15 is 4.39 Å². The van der Waals surface area contributed by atoms with Crippen LogP contribution in [0.25, 0.3) is 11.1 Å². The maximum atomic E-state index is 15.1. The van der Waals surface area contributed by atoms with Crippen LogP contribution in [-0.4, -0.2) is 18.3 Å². The topological polar surface area (TPSA) is 23.8 Å². The van der Waals surface area contributed by atoms with Gasteiger partial charge in [-0.05, 0) is 46.4 Å². The molecular formula is C18H5F12IN. The smallest absolute Gasteiger partial charge is 0.221 e. The van der Waals surface area contributed by atoms with Crippen LogP contribution in [0.15, 0.2) is 30.3 Å². The molecule has 1 nitrogen and oxygen atoms in total. The lowest BCUT2D eigenvalue weighted by molar-refractivity contribution is -0.389. The van der Waals surface area contributed by atoms with Gasteiger partial charge in [-0.2, -0.15) is 53.6 Å². The Morgan fingerprint density at radius 1 is 0.781 bits per heavy atom. The molecule has 0 amide bonds. The molecule has 0 aliphatic carbocycles. The number of rotatable bonds is 3. The molecule has 0 spiro atoms. The summed E-state index contributed by atoms with van der Waals surface area (Å²) in [6.07, 6.45) is -19.7. The fourth-order valence-corrected chi connectivity index (χ4v) is 3.56. The molecule has 0 bridgehead atoms. The van der Waals surface area contributed by atoms with Crippen molar-refractivity contribution >= 4 is 22.6 Å². The third-order valence-corrected chi connectivity index (χ3v) is 4.99. The van der Waals surface area contributed by atoms with Crippen LogP contribution >= 0.6 is 22.6 Å². The molecule has 173 valence electrons. The lowest BCUT2D eigenvalue weighted by Gasteiger charge is -2.37. The Kier molecular flexibility index (Phi) is 6.51. The lowest BCUT2D eigenvalue weighted by atomic mass is 9.81. The average molecular weight is 590 g/mol. The number of hydrogen-bond acceptors (Lipinski definition) is 1. The van der Waals surface area contributed by atoms with Gasteiger partial charge in [0.05, 0.1) is 17.2 Å². The zero-order valence-corrected chi connectivity index (χ0v) is 16.9. The molecule has 32 heavy (non-hydrogen) atoms. The number of benzene rings is 2. The van der Waals surface area contributed by atoms with Gasteiger partial charge in [0.15, 0.2) is 0 Å². The maximum absolute atomic E-state index is 15.1. The summed E-state index contributed by atoms with van der Waals surface area (Å²) in [6, 6.07) is 5.63. The van der Waals surface area contributed by atoms with Crippen LogP contribution in [0.5, 0.6) is 0 Å². The van der Waals surface area contributed by atoms with Gasteiger partial charge < -0.3 is 0 Å². The maximum Gasteiger partial charge on any atom is 0.457 e. The summed E-state index contributed by atoms with van der Waals surface area (Å²) in [4.78, 5) is 0. The molecule has 2 rings (SSSR count). The van der Waals surface area contributed by atoms with Crippen molar-refractivity contribution < 1.29 is 52.7 Å². The largest absolute Gasteiger partial charge is 0.457 e. The highest BCUT2D eigenvalue weighted by atomic mass is 127. The Morgan fingerprint density at radius 2 is 1.28 bits per heavy atom. The molecule has 0 fully saturated rings. The van der Waals surface area contributed by atoms with E-state index in [1.165, 1.54) is 6.07 Å². The van der Waals surface area contributed by atoms with Gasteiger partial charge in [-0.25, -0.2) is 4.39 Å². The molecule has 0 N–H and O–H groups in total. The average Bonchev–Trinajstić information content (AvgIpc) is 2.64. The van der Waals surface area contributed by atoms with Crippen molar-refractivity contribution in [3.63, 3.8) is 0 Å². The van der Waals surface area contributed by atoms with Crippen LogP contribution in [0.1, 0.15) is 16.7 Å². The highest BCUT2D eigenvalue weighted by Gasteiger charge is 2.82. The van der Waals surface area contributed by atoms with E-state index in [2.05, 4.69) is 0 Å². The van der Waals surface area contributed by atoms with Gasteiger partial charge in [0.25, 0.3) is 0 Å².